The summed E-state index contributed by atoms with van der Waals surface area (Å²) in [6, 6.07) is 6.11. The molecule has 0 bridgehead atoms. The van der Waals surface area contributed by atoms with Gasteiger partial charge in [0.1, 0.15) is 0 Å². The van der Waals surface area contributed by atoms with Crippen LogP contribution in [0.1, 0.15) is 36.0 Å². The largest absolute Gasteiger partial charge is 0.336 e. The zero-order chi connectivity index (χ0) is 13.9. The number of pyridine rings is 1. The van der Waals surface area contributed by atoms with Crippen LogP contribution in [0.4, 0.5) is 0 Å². The number of fused-ring (bicyclic) bond motifs is 1. The molecule has 1 amide bonds. The maximum Gasteiger partial charge on any atom is 0.257 e. The number of carbonyl (C=O) groups excluding carboxylic acids is 1. The van der Waals surface area contributed by atoms with Crippen LogP contribution in [0.25, 0.3) is 5.52 Å². The molecule has 1 saturated heterocycles. The van der Waals surface area contributed by atoms with E-state index in [1.807, 2.05) is 29.3 Å². The Morgan fingerprint density at radius 1 is 1.45 bits per heavy atom. The third-order valence-corrected chi connectivity index (χ3v) is 4.23. The Bertz CT molecular complexity index is 610. The summed E-state index contributed by atoms with van der Waals surface area (Å²) in [6.45, 7) is 0.843. The molecule has 1 atom stereocenters. The normalized spacial score (nSPS) is 18.9. The summed E-state index contributed by atoms with van der Waals surface area (Å²) in [5.74, 6) is 0.762. The van der Waals surface area contributed by atoms with Gasteiger partial charge in [-0.05, 0) is 37.8 Å². The van der Waals surface area contributed by atoms with Gasteiger partial charge in [0.25, 0.3) is 5.91 Å². The fourth-order valence-electron chi connectivity index (χ4n) is 2.97. The van der Waals surface area contributed by atoms with Gasteiger partial charge >= 0.3 is 0 Å². The van der Waals surface area contributed by atoms with Gasteiger partial charge in [0, 0.05) is 24.7 Å². The van der Waals surface area contributed by atoms with Crippen LogP contribution < -0.4 is 0 Å². The quantitative estimate of drug-likeness (QED) is 0.812. The SMILES string of the molecule is O=C(c1cnn2ccccc12)N1CCCC1CCCCl. The van der Waals surface area contributed by atoms with Gasteiger partial charge in [-0.1, -0.05) is 6.07 Å². The summed E-state index contributed by atoms with van der Waals surface area (Å²) in [7, 11) is 0. The molecular formula is C15H18ClN3O. The van der Waals surface area contributed by atoms with Crippen LogP contribution in [0.5, 0.6) is 0 Å². The summed E-state index contributed by atoms with van der Waals surface area (Å²) in [4.78, 5) is 14.7. The van der Waals surface area contributed by atoms with Crippen LogP contribution in [0.2, 0.25) is 0 Å². The Kier molecular flexibility index (Phi) is 3.92. The lowest BCUT2D eigenvalue weighted by Crippen LogP contribution is -2.35. The lowest BCUT2D eigenvalue weighted by molar-refractivity contribution is 0.0732. The Morgan fingerprint density at radius 2 is 2.35 bits per heavy atom. The minimum Gasteiger partial charge on any atom is -0.336 e. The first kappa shape index (κ1) is 13.4. The lowest BCUT2D eigenvalue weighted by atomic mass is 10.1. The summed E-state index contributed by atoms with van der Waals surface area (Å²) in [5.41, 5.74) is 1.57. The number of likely N-dealkylation sites (tertiary alicyclic amines) is 1. The molecule has 1 unspecified atom stereocenters. The third-order valence-electron chi connectivity index (χ3n) is 3.97. The molecule has 3 heterocycles. The van der Waals surface area contributed by atoms with E-state index in [1.54, 1.807) is 10.7 Å². The number of nitrogens with zero attached hydrogens (tertiary/aromatic N) is 3. The fraction of sp³-hybridized carbons (Fsp3) is 0.467. The Balaban J connectivity index is 1.84. The Labute approximate surface area is 123 Å². The van der Waals surface area contributed by atoms with Crippen molar-refractivity contribution < 1.29 is 4.79 Å². The molecule has 0 aliphatic carbocycles. The molecule has 0 N–H and O–H groups in total. The number of hydrogen-bond donors (Lipinski definition) is 0. The first-order valence-corrected chi connectivity index (χ1v) is 7.64. The molecule has 0 aromatic carbocycles. The molecule has 0 spiro atoms. The Hall–Kier alpha value is -1.55. The maximum atomic E-state index is 12.7. The number of amides is 1. The van der Waals surface area contributed by atoms with Gasteiger partial charge in [-0.3, -0.25) is 4.79 Å². The van der Waals surface area contributed by atoms with Gasteiger partial charge in [-0.15, -0.1) is 11.6 Å². The molecule has 0 saturated carbocycles. The zero-order valence-electron chi connectivity index (χ0n) is 11.3. The number of aromatic nitrogens is 2. The molecule has 3 rings (SSSR count). The van der Waals surface area contributed by atoms with Crippen molar-refractivity contribution in [2.75, 3.05) is 12.4 Å². The number of hydrogen-bond acceptors (Lipinski definition) is 2. The molecule has 4 nitrogen and oxygen atoms in total. The van der Waals surface area contributed by atoms with E-state index in [1.165, 1.54) is 0 Å². The zero-order valence-corrected chi connectivity index (χ0v) is 12.1. The lowest BCUT2D eigenvalue weighted by Gasteiger charge is -2.24. The monoisotopic (exact) mass is 291 g/mol. The van der Waals surface area contributed by atoms with Crippen LogP contribution in [-0.2, 0) is 0 Å². The molecule has 2 aromatic rings. The van der Waals surface area contributed by atoms with Crippen molar-refractivity contribution >= 4 is 23.0 Å². The first-order chi connectivity index (χ1) is 9.81. The van der Waals surface area contributed by atoms with Crippen molar-refractivity contribution in [3.05, 3.63) is 36.2 Å². The smallest absolute Gasteiger partial charge is 0.257 e. The Morgan fingerprint density at radius 3 is 3.20 bits per heavy atom. The van der Waals surface area contributed by atoms with Gasteiger partial charge in [0.15, 0.2) is 0 Å². The van der Waals surface area contributed by atoms with Crippen LogP contribution in [-0.4, -0.2) is 38.9 Å². The standard InChI is InChI=1S/C15H18ClN3O/c16-8-3-5-12-6-4-9-18(12)15(20)13-11-17-19-10-2-1-7-14(13)19/h1-2,7,10-12H,3-6,8-9H2. The summed E-state index contributed by atoms with van der Waals surface area (Å²) >= 11 is 5.77. The average molecular weight is 292 g/mol. The van der Waals surface area contributed by atoms with E-state index in [4.69, 9.17) is 11.6 Å². The number of carbonyl (C=O) groups is 1. The fourth-order valence-corrected chi connectivity index (χ4v) is 3.12. The van der Waals surface area contributed by atoms with Crippen molar-refractivity contribution in [3.63, 3.8) is 0 Å². The molecule has 20 heavy (non-hydrogen) atoms. The van der Waals surface area contributed by atoms with E-state index < -0.39 is 0 Å². The van der Waals surface area contributed by atoms with Gasteiger partial charge in [-0.2, -0.15) is 5.10 Å². The van der Waals surface area contributed by atoms with Crippen molar-refractivity contribution in [3.8, 4) is 0 Å². The molecular weight excluding hydrogens is 274 g/mol. The molecule has 0 radical (unpaired) electrons. The highest BCUT2D eigenvalue weighted by atomic mass is 35.5. The van der Waals surface area contributed by atoms with E-state index >= 15 is 0 Å². The van der Waals surface area contributed by atoms with Crippen LogP contribution in [0.3, 0.4) is 0 Å². The predicted octanol–water partition coefficient (Wildman–Crippen LogP) is 2.96. The molecule has 5 heteroatoms. The van der Waals surface area contributed by atoms with E-state index in [2.05, 4.69) is 5.10 Å². The number of rotatable bonds is 4. The minimum atomic E-state index is 0.100. The van der Waals surface area contributed by atoms with E-state index in [-0.39, 0.29) is 5.91 Å². The van der Waals surface area contributed by atoms with Gasteiger partial charge in [0.05, 0.1) is 17.3 Å². The number of halogens is 1. The van der Waals surface area contributed by atoms with E-state index in [0.29, 0.717) is 17.5 Å². The van der Waals surface area contributed by atoms with Gasteiger partial charge in [0.2, 0.25) is 0 Å². The van der Waals surface area contributed by atoms with Gasteiger partial charge in [-0.25, -0.2) is 4.52 Å². The second-order valence-corrected chi connectivity index (χ2v) is 5.59. The van der Waals surface area contributed by atoms with Crippen LogP contribution in [0, 0.1) is 0 Å². The minimum absolute atomic E-state index is 0.100. The first-order valence-electron chi connectivity index (χ1n) is 7.10. The van der Waals surface area contributed by atoms with Crippen LogP contribution in [0.15, 0.2) is 30.6 Å². The highest BCUT2D eigenvalue weighted by molar-refractivity contribution is 6.17. The van der Waals surface area contributed by atoms with E-state index in [9.17, 15) is 4.79 Å². The summed E-state index contributed by atoms with van der Waals surface area (Å²) in [5, 5.41) is 4.25. The maximum absolute atomic E-state index is 12.7. The molecule has 1 aliphatic rings. The van der Waals surface area contributed by atoms with Crippen molar-refractivity contribution in [1.82, 2.24) is 14.5 Å². The van der Waals surface area contributed by atoms with Crippen molar-refractivity contribution in [2.45, 2.75) is 31.7 Å². The second kappa shape index (κ2) is 5.83. The van der Waals surface area contributed by atoms with Crippen molar-refractivity contribution in [2.24, 2.45) is 0 Å². The average Bonchev–Trinajstić information content (AvgIpc) is 3.11. The molecule has 1 fully saturated rings. The summed E-state index contributed by atoms with van der Waals surface area (Å²) < 4.78 is 1.75. The van der Waals surface area contributed by atoms with E-state index in [0.717, 1.165) is 37.7 Å². The second-order valence-electron chi connectivity index (χ2n) is 5.21. The molecule has 2 aromatic heterocycles. The third kappa shape index (κ3) is 2.40. The van der Waals surface area contributed by atoms with Crippen molar-refractivity contribution in [1.29, 1.82) is 0 Å². The summed E-state index contributed by atoms with van der Waals surface area (Å²) in [6.07, 6.45) is 7.66. The highest BCUT2D eigenvalue weighted by Crippen LogP contribution is 2.25. The topological polar surface area (TPSA) is 37.6 Å². The van der Waals surface area contributed by atoms with Gasteiger partial charge < -0.3 is 4.90 Å². The predicted molar refractivity (Wildman–Crippen MR) is 79.2 cm³/mol. The molecule has 1 aliphatic heterocycles. The number of alkyl halides is 1. The van der Waals surface area contributed by atoms with Crippen LogP contribution >= 0.6 is 11.6 Å². The highest BCUT2D eigenvalue weighted by Gasteiger charge is 2.30. The molecule has 106 valence electrons.